The third kappa shape index (κ3) is 1.73. The second-order valence-corrected chi connectivity index (χ2v) is 2.44. The molecule has 0 amide bonds. The lowest BCUT2D eigenvalue weighted by Gasteiger charge is -2.06. The summed E-state index contributed by atoms with van der Waals surface area (Å²) in [6.45, 7) is 0. The van der Waals surface area contributed by atoms with Crippen molar-refractivity contribution in [3.8, 4) is 11.8 Å². The fourth-order valence-electron chi connectivity index (χ4n) is 0.832. The Bertz CT molecular complexity index is 175. The van der Waals surface area contributed by atoms with Crippen LogP contribution in [0, 0.1) is 17.8 Å². The SMILES string of the molecule is O=C(Cl)C1C#CCCC1. The summed E-state index contributed by atoms with van der Waals surface area (Å²) < 4.78 is 0. The Morgan fingerprint density at radius 1 is 1.67 bits per heavy atom. The maximum Gasteiger partial charge on any atom is 0.236 e. The van der Waals surface area contributed by atoms with Crippen molar-refractivity contribution in [2.75, 3.05) is 0 Å². The van der Waals surface area contributed by atoms with E-state index >= 15 is 0 Å². The van der Waals surface area contributed by atoms with Crippen LogP contribution in [-0.4, -0.2) is 5.24 Å². The summed E-state index contributed by atoms with van der Waals surface area (Å²) in [5, 5.41) is -0.304. The lowest BCUT2D eigenvalue weighted by molar-refractivity contribution is -0.113. The topological polar surface area (TPSA) is 17.1 Å². The van der Waals surface area contributed by atoms with Gasteiger partial charge in [-0.05, 0) is 24.4 Å². The Labute approximate surface area is 59.4 Å². The molecule has 0 aliphatic heterocycles. The quantitative estimate of drug-likeness (QED) is 0.401. The molecule has 0 heterocycles. The van der Waals surface area contributed by atoms with Gasteiger partial charge >= 0.3 is 0 Å². The Morgan fingerprint density at radius 3 is 2.78 bits per heavy atom. The van der Waals surface area contributed by atoms with Crippen molar-refractivity contribution in [1.29, 1.82) is 0 Å². The van der Waals surface area contributed by atoms with Crippen LogP contribution in [0.25, 0.3) is 0 Å². The van der Waals surface area contributed by atoms with E-state index in [1.165, 1.54) is 0 Å². The number of hydrogen-bond acceptors (Lipinski definition) is 1. The van der Waals surface area contributed by atoms with Gasteiger partial charge in [0, 0.05) is 6.42 Å². The van der Waals surface area contributed by atoms with E-state index in [-0.39, 0.29) is 11.2 Å². The summed E-state index contributed by atoms with van der Waals surface area (Å²) >= 11 is 5.22. The van der Waals surface area contributed by atoms with E-state index in [9.17, 15) is 4.79 Å². The van der Waals surface area contributed by atoms with Crippen molar-refractivity contribution in [3.63, 3.8) is 0 Å². The zero-order chi connectivity index (χ0) is 6.69. The minimum Gasteiger partial charge on any atom is -0.280 e. The third-order valence-corrected chi connectivity index (χ3v) is 1.61. The smallest absolute Gasteiger partial charge is 0.236 e. The Hall–Kier alpha value is -0.480. The lowest BCUT2D eigenvalue weighted by Crippen LogP contribution is -2.08. The molecule has 0 N–H and O–H groups in total. The monoisotopic (exact) mass is 142 g/mol. The largest absolute Gasteiger partial charge is 0.280 e. The molecule has 48 valence electrons. The molecule has 0 fully saturated rings. The first-order valence-corrected chi connectivity index (χ1v) is 3.36. The standard InChI is InChI=1S/C7H7ClO/c8-7(9)6-4-2-1-3-5-6/h6H,1-2,4H2. The highest BCUT2D eigenvalue weighted by Crippen LogP contribution is 2.14. The van der Waals surface area contributed by atoms with Crippen molar-refractivity contribution in [1.82, 2.24) is 0 Å². The average Bonchev–Trinajstić information content (AvgIpc) is 1.90. The molecule has 2 heteroatoms. The van der Waals surface area contributed by atoms with E-state index in [2.05, 4.69) is 11.8 Å². The molecule has 1 aliphatic carbocycles. The van der Waals surface area contributed by atoms with Crippen molar-refractivity contribution < 1.29 is 4.79 Å². The summed E-state index contributed by atoms with van der Waals surface area (Å²) in [7, 11) is 0. The summed E-state index contributed by atoms with van der Waals surface area (Å²) in [4.78, 5) is 10.5. The number of hydrogen-bond donors (Lipinski definition) is 0. The molecule has 9 heavy (non-hydrogen) atoms. The van der Waals surface area contributed by atoms with Crippen LogP contribution in [0.1, 0.15) is 19.3 Å². The fourth-order valence-corrected chi connectivity index (χ4v) is 0.996. The molecule has 0 spiro atoms. The first kappa shape index (κ1) is 6.64. The van der Waals surface area contributed by atoms with Gasteiger partial charge in [-0.25, -0.2) is 0 Å². The molecule has 0 aromatic carbocycles. The van der Waals surface area contributed by atoms with E-state index in [1.54, 1.807) is 0 Å². The molecule has 1 aliphatic rings. The van der Waals surface area contributed by atoms with Crippen LogP contribution in [0.4, 0.5) is 0 Å². The predicted molar refractivity (Wildman–Crippen MR) is 36.0 cm³/mol. The van der Waals surface area contributed by atoms with E-state index in [4.69, 9.17) is 11.6 Å². The highest BCUT2D eigenvalue weighted by molar-refractivity contribution is 6.64. The van der Waals surface area contributed by atoms with Gasteiger partial charge in [-0.1, -0.05) is 5.92 Å². The summed E-state index contributed by atoms with van der Waals surface area (Å²) in [5.74, 6) is 5.47. The second kappa shape index (κ2) is 2.89. The number of rotatable bonds is 1. The molecule has 0 bridgehead atoms. The van der Waals surface area contributed by atoms with E-state index in [1.807, 2.05) is 0 Å². The number of carbonyl (C=O) groups is 1. The Balaban J connectivity index is 2.57. The lowest BCUT2D eigenvalue weighted by atomic mass is 10.00. The minimum absolute atomic E-state index is 0.180. The van der Waals surface area contributed by atoms with Crippen LogP contribution in [0.5, 0.6) is 0 Å². The predicted octanol–water partition coefficient (Wildman–Crippen LogP) is 1.56. The van der Waals surface area contributed by atoms with Gasteiger partial charge in [0.15, 0.2) is 0 Å². The first-order valence-electron chi connectivity index (χ1n) is 2.98. The van der Waals surface area contributed by atoms with Gasteiger partial charge in [0.1, 0.15) is 0 Å². The highest BCUT2D eigenvalue weighted by Gasteiger charge is 2.13. The average molecular weight is 143 g/mol. The maximum absolute atomic E-state index is 10.5. The van der Waals surface area contributed by atoms with Gasteiger partial charge in [0.05, 0.1) is 5.92 Å². The molecule has 1 nitrogen and oxygen atoms in total. The maximum atomic E-state index is 10.5. The molecule has 0 aromatic rings. The molecule has 0 radical (unpaired) electrons. The van der Waals surface area contributed by atoms with Gasteiger partial charge in [-0.3, -0.25) is 4.79 Å². The van der Waals surface area contributed by atoms with Crippen LogP contribution < -0.4 is 0 Å². The van der Waals surface area contributed by atoms with Gasteiger partial charge in [-0.15, -0.1) is 5.92 Å². The van der Waals surface area contributed by atoms with E-state index in [0.717, 1.165) is 19.3 Å². The van der Waals surface area contributed by atoms with Crippen molar-refractivity contribution >= 4 is 16.8 Å². The zero-order valence-electron chi connectivity index (χ0n) is 4.98. The molecular formula is C7H7ClO. The Morgan fingerprint density at radius 2 is 2.44 bits per heavy atom. The van der Waals surface area contributed by atoms with Crippen molar-refractivity contribution in [3.05, 3.63) is 0 Å². The van der Waals surface area contributed by atoms with E-state index in [0.29, 0.717) is 0 Å². The summed E-state index contributed by atoms with van der Waals surface area (Å²) in [6, 6.07) is 0. The van der Waals surface area contributed by atoms with Crippen molar-refractivity contribution in [2.45, 2.75) is 19.3 Å². The van der Waals surface area contributed by atoms with Crippen LogP contribution in [0.2, 0.25) is 0 Å². The fraction of sp³-hybridized carbons (Fsp3) is 0.571. The highest BCUT2D eigenvalue weighted by atomic mass is 35.5. The molecule has 1 unspecified atom stereocenters. The summed E-state index contributed by atoms with van der Waals surface area (Å²) in [5.41, 5.74) is 0. The van der Waals surface area contributed by atoms with Crippen LogP contribution in [0.15, 0.2) is 0 Å². The zero-order valence-corrected chi connectivity index (χ0v) is 5.74. The van der Waals surface area contributed by atoms with Crippen molar-refractivity contribution in [2.24, 2.45) is 5.92 Å². The minimum atomic E-state index is -0.304. The second-order valence-electron chi connectivity index (χ2n) is 2.07. The van der Waals surface area contributed by atoms with Crippen LogP contribution >= 0.6 is 11.6 Å². The van der Waals surface area contributed by atoms with E-state index < -0.39 is 0 Å². The van der Waals surface area contributed by atoms with Gasteiger partial charge in [-0.2, -0.15) is 0 Å². The number of carbonyl (C=O) groups excluding carboxylic acids is 1. The van der Waals surface area contributed by atoms with Gasteiger partial charge in [0.2, 0.25) is 5.24 Å². The van der Waals surface area contributed by atoms with Crippen LogP contribution in [-0.2, 0) is 4.79 Å². The first-order chi connectivity index (χ1) is 4.30. The molecule has 0 saturated carbocycles. The normalized spacial score (nSPS) is 24.3. The molecule has 0 aromatic heterocycles. The number of halogens is 1. The summed E-state index contributed by atoms with van der Waals surface area (Å²) in [6.07, 6.45) is 2.77. The Kier molecular flexibility index (Phi) is 2.13. The molecule has 0 saturated heterocycles. The molecular weight excluding hydrogens is 136 g/mol. The third-order valence-electron chi connectivity index (χ3n) is 1.34. The molecule has 1 rings (SSSR count). The molecule has 1 atom stereocenters. The van der Waals surface area contributed by atoms with Gasteiger partial charge in [0.25, 0.3) is 0 Å². The van der Waals surface area contributed by atoms with Gasteiger partial charge < -0.3 is 0 Å². The van der Waals surface area contributed by atoms with Crippen LogP contribution in [0.3, 0.4) is 0 Å².